The molecule has 8 nitrogen and oxygen atoms in total. The lowest BCUT2D eigenvalue weighted by molar-refractivity contribution is 0.156. The highest BCUT2D eigenvalue weighted by Crippen LogP contribution is 2.21. The number of ether oxygens (including phenoxy) is 1. The van der Waals surface area contributed by atoms with Gasteiger partial charge in [0.25, 0.3) is 5.56 Å². The number of aromatic amines is 1. The summed E-state index contributed by atoms with van der Waals surface area (Å²) in [5, 5.41) is 0. The Bertz CT molecular complexity index is 932. The second-order valence-electron chi connectivity index (χ2n) is 6.12. The van der Waals surface area contributed by atoms with Crippen LogP contribution in [-0.4, -0.2) is 44.1 Å². The van der Waals surface area contributed by atoms with Gasteiger partial charge in [0, 0.05) is 38.3 Å². The van der Waals surface area contributed by atoms with Gasteiger partial charge in [0.1, 0.15) is 11.9 Å². The molecule has 0 atom stereocenters. The van der Waals surface area contributed by atoms with Crippen LogP contribution in [0.5, 0.6) is 6.01 Å². The van der Waals surface area contributed by atoms with Crippen molar-refractivity contribution in [1.29, 1.82) is 0 Å². The lowest BCUT2D eigenvalue weighted by atomic mass is 10.1. The topological polar surface area (TPSA) is 96.9 Å². The number of H-pyrrole nitrogens is 1. The first kappa shape index (κ1) is 15.5. The Kier molecular flexibility index (Phi) is 4.01. The van der Waals surface area contributed by atoms with Crippen molar-refractivity contribution in [3.8, 4) is 6.01 Å². The van der Waals surface area contributed by atoms with Gasteiger partial charge >= 0.3 is 6.01 Å². The number of piperidine rings is 1. The molecular formula is C17H18N6O2. The van der Waals surface area contributed by atoms with Crippen LogP contribution in [0.15, 0.2) is 35.6 Å². The fraction of sp³-hybridized carbons (Fsp3) is 0.353. The smallest absolute Gasteiger partial charge is 0.316 e. The zero-order chi connectivity index (χ0) is 17.2. The maximum atomic E-state index is 11.9. The van der Waals surface area contributed by atoms with E-state index in [-0.39, 0.29) is 11.7 Å². The predicted molar refractivity (Wildman–Crippen MR) is 92.8 cm³/mol. The summed E-state index contributed by atoms with van der Waals surface area (Å²) in [4.78, 5) is 33.6. The Morgan fingerprint density at radius 2 is 1.92 bits per heavy atom. The van der Waals surface area contributed by atoms with E-state index in [0.717, 1.165) is 37.3 Å². The molecule has 8 heteroatoms. The van der Waals surface area contributed by atoms with Crippen LogP contribution in [0, 0.1) is 6.92 Å². The number of anilines is 1. The average molecular weight is 338 g/mol. The van der Waals surface area contributed by atoms with Crippen LogP contribution in [0.25, 0.3) is 11.0 Å². The van der Waals surface area contributed by atoms with Crippen molar-refractivity contribution in [2.24, 2.45) is 0 Å². The zero-order valence-corrected chi connectivity index (χ0v) is 13.8. The van der Waals surface area contributed by atoms with Crippen molar-refractivity contribution in [2.75, 3.05) is 18.0 Å². The van der Waals surface area contributed by atoms with Gasteiger partial charge < -0.3 is 14.6 Å². The second kappa shape index (κ2) is 6.46. The van der Waals surface area contributed by atoms with E-state index in [4.69, 9.17) is 4.74 Å². The summed E-state index contributed by atoms with van der Waals surface area (Å²) in [5.74, 6) is 0.788. The van der Waals surface area contributed by atoms with E-state index in [1.54, 1.807) is 12.4 Å². The largest absolute Gasteiger partial charge is 0.460 e. The van der Waals surface area contributed by atoms with Crippen LogP contribution >= 0.6 is 0 Å². The minimum atomic E-state index is -0.221. The third-order valence-electron chi connectivity index (χ3n) is 4.27. The van der Waals surface area contributed by atoms with E-state index in [0.29, 0.717) is 17.0 Å². The number of rotatable bonds is 3. The predicted octanol–water partition coefficient (Wildman–Crippen LogP) is 1.46. The molecule has 1 saturated heterocycles. The van der Waals surface area contributed by atoms with Crippen LogP contribution in [0.2, 0.25) is 0 Å². The summed E-state index contributed by atoms with van der Waals surface area (Å²) in [6, 6.07) is 4.15. The minimum Gasteiger partial charge on any atom is -0.460 e. The van der Waals surface area contributed by atoms with Crippen molar-refractivity contribution in [2.45, 2.75) is 25.9 Å². The Balaban J connectivity index is 1.44. The van der Waals surface area contributed by atoms with Gasteiger partial charge in [-0.2, -0.15) is 0 Å². The molecule has 1 N–H and O–H groups in total. The molecule has 0 aliphatic carbocycles. The minimum absolute atomic E-state index is 0.0875. The van der Waals surface area contributed by atoms with Crippen LogP contribution in [0.3, 0.4) is 0 Å². The van der Waals surface area contributed by atoms with Crippen LogP contribution in [-0.2, 0) is 0 Å². The number of hydrogen-bond acceptors (Lipinski definition) is 7. The molecule has 1 aliphatic rings. The molecular weight excluding hydrogens is 320 g/mol. The van der Waals surface area contributed by atoms with E-state index in [9.17, 15) is 4.79 Å². The second-order valence-corrected chi connectivity index (χ2v) is 6.12. The lowest BCUT2D eigenvalue weighted by Gasteiger charge is -2.32. The number of hydrogen-bond donors (Lipinski definition) is 1. The average Bonchev–Trinajstić information content (AvgIpc) is 2.64. The Hall–Kier alpha value is -3.03. The summed E-state index contributed by atoms with van der Waals surface area (Å²) >= 11 is 0. The van der Waals surface area contributed by atoms with Crippen molar-refractivity contribution in [1.82, 2.24) is 24.9 Å². The molecule has 0 saturated carbocycles. The van der Waals surface area contributed by atoms with Crippen molar-refractivity contribution >= 4 is 16.9 Å². The molecule has 1 aliphatic heterocycles. The monoisotopic (exact) mass is 338 g/mol. The number of aryl methyl sites for hydroxylation is 1. The van der Waals surface area contributed by atoms with E-state index >= 15 is 0 Å². The van der Waals surface area contributed by atoms with Gasteiger partial charge in [-0.05, 0) is 24.6 Å². The van der Waals surface area contributed by atoms with Gasteiger partial charge in [-0.25, -0.2) is 19.9 Å². The standard InChI is InChI=1S/C17H18N6O2/c1-11-8-18-17(19-9-11)25-12-4-6-23(7-5-12)14-3-2-13-15(22-14)16(24)21-10-20-13/h2-3,8-10,12H,4-7H2,1H3,(H,20,21,24). The Morgan fingerprint density at radius 1 is 1.16 bits per heavy atom. The summed E-state index contributed by atoms with van der Waals surface area (Å²) < 4.78 is 5.85. The number of fused-ring (bicyclic) bond motifs is 1. The van der Waals surface area contributed by atoms with E-state index < -0.39 is 0 Å². The highest BCUT2D eigenvalue weighted by Gasteiger charge is 2.22. The van der Waals surface area contributed by atoms with Gasteiger partial charge in [-0.3, -0.25) is 4.79 Å². The SMILES string of the molecule is Cc1cnc(OC2CCN(c3ccc4nc[nH]c(=O)c4n3)CC2)nc1. The van der Waals surface area contributed by atoms with Crippen molar-refractivity contribution in [3.63, 3.8) is 0 Å². The normalized spacial score (nSPS) is 15.5. The fourth-order valence-electron chi connectivity index (χ4n) is 2.91. The summed E-state index contributed by atoms with van der Waals surface area (Å²) in [6.07, 6.45) is 6.68. The molecule has 0 amide bonds. The van der Waals surface area contributed by atoms with E-state index in [2.05, 4.69) is 29.8 Å². The third-order valence-corrected chi connectivity index (χ3v) is 4.27. The van der Waals surface area contributed by atoms with Crippen molar-refractivity contribution in [3.05, 3.63) is 46.8 Å². The van der Waals surface area contributed by atoms with Crippen molar-refractivity contribution < 1.29 is 4.74 Å². The zero-order valence-electron chi connectivity index (χ0n) is 13.8. The van der Waals surface area contributed by atoms with Gasteiger partial charge in [0.2, 0.25) is 0 Å². The van der Waals surface area contributed by atoms with Gasteiger partial charge in [0.05, 0.1) is 11.8 Å². The molecule has 3 aromatic heterocycles. The molecule has 3 aromatic rings. The van der Waals surface area contributed by atoms with Crippen LogP contribution in [0.1, 0.15) is 18.4 Å². The summed E-state index contributed by atoms with van der Waals surface area (Å²) in [6.45, 7) is 3.54. The molecule has 4 heterocycles. The number of aromatic nitrogens is 5. The Labute approximate surface area is 143 Å². The van der Waals surface area contributed by atoms with Gasteiger partial charge in [-0.1, -0.05) is 0 Å². The first-order chi connectivity index (χ1) is 12.2. The first-order valence-corrected chi connectivity index (χ1v) is 8.24. The number of nitrogens with zero attached hydrogens (tertiary/aromatic N) is 5. The lowest BCUT2D eigenvalue weighted by Crippen LogP contribution is -2.39. The van der Waals surface area contributed by atoms with Crippen LogP contribution < -0.4 is 15.2 Å². The van der Waals surface area contributed by atoms with Gasteiger partial charge in [0.15, 0.2) is 5.52 Å². The molecule has 0 unspecified atom stereocenters. The van der Waals surface area contributed by atoms with Crippen LogP contribution in [0.4, 0.5) is 5.82 Å². The maximum Gasteiger partial charge on any atom is 0.316 e. The van der Waals surface area contributed by atoms with E-state index in [1.807, 2.05) is 19.1 Å². The highest BCUT2D eigenvalue weighted by atomic mass is 16.5. The molecule has 0 radical (unpaired) electrons. The fourth-order valence-corrected chi connectivity index (χ4v) is 2.91. The Morgan fingerprint density at radius 3 is 2.68 bits per heavy atom. The number of pyridine rings is 1. The maximum absolute atomic E-state index is 11.9. The van der Waals surface area contributed by atoms with E-state index in [1.165, 1.54) is 6.33 Å². The highest BCUT2D eigenvalue weighted by molar-refractivity contribution is 5.74. The molecule has 0 bridgehead atoms. The molecule has 1 fully saturated rings. The third kappa shape index (κ3) is 3.28. The molecule has 4 rings (SSSR count). The molecule has 25 heavy (non-hydrogen) atoms. The summed E-state index contributed by atoms with van der Waals surface area (Å²) in [7, 11) is 0. The van der Waals surface area contributed by atoms with Gasteiger partial charge in [-0.15, -0.1) is 0 Å². The summed E-state index contributed by atoms with van der Waals surface area (Å²) in [5.41, 5.74) is 1.75. The molecule has 0 aromatic carbocycles. The first-order valence-electron chi connectivity index (χ1n) is 8.24. The number of nitrogens with one attached hydrogen (secondary N) is 1. The quantitative estimate of drug-likeness (QED) is 0.772. The molecule has 0 spiro atoms. The molecule has 128 valence electrons.